The van der Waals surface area contributed by atoms with Crippen LogP contribution in [-0.2, 0) is 13.0 Å². The lowest BCUT2D eigenvalue weighted by atomic mass is 10.3. The Morgan fingerprint density at radius 3 is 2.82 bits per heavy atom. The van der Waals surface area contributed by atoms with E-state index in [1.165, 1.54) is 0 Å². The Bertz CT molecular complexity index is 496. The molecule has 17 heavy (non-hydrogen) atoms. The number of aromatic nitrogens is 6. The molecule has 0 saturated heterocycles. The van der Waals surface area contributed by atoms with Crippen molar-refractivity contribution in [1.82, 2.24) is 29.8 Å². The van der Waals surface area contributed by atoms with Gasteiger partial charge in [-0.1, -0.05) is 12.1 Å². The average Bonchev–Trinajstić information content (AvgIpc) is 2.86. The molecular weight excluding hydrogens is 218 g/mol. The van der Waals surface area contributed by atoms with Crippen molar-refractivity contribution in [1.29, 1.82) is 0 Å². The first-order chi connectivity index (χ1) is 8.13. The van der Waals surface area contributed by atoms with Crippen LogP contribution < -0.4 is 5.73 Å². The van der Waals surface area contributed by atoms with Crippen molar-refractivity contribution in [3.8, 4) is 0 Å². The van der Waals surface area contributed by atoms with Crippen molar-refractivity contribution in [3.05, 3.63) is 17.8 Å². The Labute approximate surface area is 99.6 Å². The van der Waals surface area contributed by atoms with Crippen LogP contribution in [0.15, 0.2) is 6.33 Å². The molecule has 0 radical (unpaired) electrons. The topological polar surface area (TPSA) is 87.4 Å². The first-order valence-corrected chi connectivity index (χ1v) is 5.69. The fourth-order valence-corrected chi connectivity index (χ4v) is 1.79. The van der Waals surface area contributed by atoms with Crippen LogP contribution in [-0.4, -0.2) is 29.8 Å². The Morgan fingerprint density at radius 2 is 2.18 bits per heavy atom. The Hall–Kier alpha value is -1.92. The fourth-order valence-electron chi connectivity index (χ4n) is 1.79. The van der Waals surface area contributed by atoms with Crippen LogP contribution in [0.2, 0.25) is 0 Å². The van der Waals surface area contributed by atoms with Crippen molar-refractivity contribution in [2.24, 2.45) is 0 Å². The summed E-state index contributed by atoms with van der Waals surface area (Å²) in [4.78, 5) is 4.24. The molecule has 0 amide bonds. The van der Waals surface area contributed by atoms with E-state index in [0.717, 1.165) is 17.9 Å². The van der Waals surface area contributed by atoms with Crippen molar-refractivity contribution < 1.29 is 0 Å². The lowest BCUT2D eigenvalue weighted by Gasteiger charge is -2.10. The van der Waals surface area contributed by atoms with E-state index in [0.29, 0.717) is 12.4 Å². The van der Waals surface area contributed by atoms with E-state index in [1.54, 1.807) is 11.0 Å². The van der Waals surface area contributed by atoms with Gasteiger partial charge in [0.15, 0.2) is 5.82 Å². The highest BCUT2D eigenvalue weighted by Crippen LogP contribution is 2.11. The van der Waals surface area contributed by atoms with Crippen molar-refractivity contribution >= 4 is 5.82 Å². The van der Waals surface area contributed by atoms with Crippen LogP contribution in [0.5, 0.6) is 0 Å². The Kier molecular flexibility index (Phi) is 3.08. The zero-order chi connectivity index (χ0) is 12.4. The number of nitrogens with two attached hydrogens (primary N) is 1. The highest BCUT2D eigenvalue weighted by Gasteiger charge is 2.13. The highest BCUT2D eigenvalue weighted by molar-refractivity contribution is 5.32. The van der Waals surface area contributed by atoms with Gasteiger partial charge in [-0.05, 0) is 20.3 Å². The smallest absolute Gasteiger partial charge is 0.169 e. The third kappa shape index (κ3) is 2.13. The normalized spacial score (nSPS) is 11.3. The van der Waals surface area contributed by atoms with Crippen molar-refractivity contribution in [2.75, 3.05) is 5.73 Å². The van der Waals surface area contributed by atoms with E-state index < -0.39 is 0 Å². The van der Waals surface area contributed by atoms with Gasteiger partial charge in [0.25, 0.3) is 0 Å². The molecule has 2 rings (SSSR count). The first-order valence-electron chi connectivity index (χ1n) is 5.69. The predicted octanol–water partition coefficient (Wildman–Crippen LogP) is 0.643. The first kappa shape index (κ1) is 11.6. The second-order valence-electron chi connectivity index (χ2n) is 4.15. The molecule has 0 aliphatic carbocycles. The summed E-state index contributed by atoms with van der Waals surface area (Å²) in [6.07, 6.45) is 2.36. The lowest BCUT2D eigenvalue weighted by Crippen LogP contribution is -2.14. The quantitative estimate of drug-likeness (QED) is 0.840. The maximum absolute atomic E-state index is 5.74. The number of hydrogen-bond acceptors (Lipinski definition) is 5. The van der Waals surface area contributed by atoms with Crippen LogP contribution in [0.25, 0.3) is 0 Å². The van der Waals surface area contributed by atoms with Crippen LogP contribution >= 0.6 is 0 Å². The number of anilines is 1. The molecule has 0 aliphatic rings. The van der Waals surface area contributed by atoms with Gasteiger partial charge >= 0.3 is 0 Å². The molecule has 0 aliphatic heterocycles. The molecule has 0 unspecified atom stereocenters. The highest BCUT2D eigenvalue weighted by atomic mass is 15.5. The molecule has 0 bridgehead atoms. The standard InChI is InChI=1S/C10H17N7/c1-4-8-10(11)14-15-16(8)5-9-12-6-13-17(9)7(2)3/h6-7H,4-5,11H2,1-3H3. The zero-order valence-electron chi connectivity index (χ0n) is 10.3. The summed E-state index contributed by atoms with van der Waals surface area (Å²) < 4.78 is 3.65. The van der Waals surface area contributed by atoms with Gasteiger partial charge in [-0.3, -0.25) is 0 Å². The summed E-state index contributed by atoms with van der Waals surface area (Å²) in [6, 6.07) is 0.276. The third-order valence-electron chi connectivity index (χ3n) is 2.63. The minimum Gasteiger partial charge on any atom is -0.381 e. The molecule has 2 heterocycles. The van der Waals surface area contributed by atoms with E-state index in [2.05, 4.69) is 34.2 Å². The second kappa shape index (κ2) is 4.52. The Morgan fingerprint density at radius 1 is 1.41 bits per heavy atom. The molecule has 2 N–H and O–H groups in total. The van der Waals surface area contributed by atoms with E-state index in [1.807, 2.05) is 11.6 Å². The monoisotopic (exact) mass is 235 g/mol. The third-order valence-corrected chi connectivity index (χ3v) is 2.63. The minimum atomic E-state index is 0.276. The summed E-state index contributed by atoms with van der Waals surface area (Å²) in [5, 5.41) is 12.1. The zero-order valence-corrected chi connectivity index (χ0v) is 10.3. The van der Waals surface area contributed by atoms with Gasteiger partial charge in [-0.2, -0.15) is 5.10 Å². The largest absolute Gasteiger partial charge is 0.381 e. The molecule has 92 valence electrons. The van der Waals surface area contributed by atoms with Gasteiger partial charge < -0.3 is 5.73 Å². The summed E-state index contributed by atoms with van der Waals surface area (Å²) in [7, 11) is 0. The van der Waals surface area contributed by atoms with Gasteiger partial charge in [0.2, 0.25) is 0 Å². The average molecular weight is 235 g/mol. The number of nitrogen functional groups attached to an aromatic ring is 1. The molecule has 0 aromatic carbocycles. The predicted molar refractivity (Wildman–Crippen MR) is 63.3 cm³/mol. The molecule has 0 spiro atoms. The maximum atomic E-state index is 5.74. The molecule has 0 fully saturated rings. The molecular formula is C10H17N7. The van der Waals surface area contributed by atoms with Crippen LogP contribution in [0.4, 0.5) is 5.82 Å². The minimum absolute atomic E-state index is 0.276. The number of rotatable bonds is 4. The molecule has 2 aromatic heterocycles. The molecule has 0 atom stereocenters. The SMILES string of the molecule is CCc1c(N)nnn1Cc1ncnn1C(C)C. The summed E-state index contributed by atoms with van der Waals surface area (Å²) in [5.74, 6) is 1.35. The Balaban J connectivity index is 2.28. The van der Waals surface area contributed by atoms with E-state index in [-0.39, 0.29) is 6.04 Å². The molecule has 2 aromatic rings. The van der Waals surface area contributed by atoms with Gasteiger partial charge in [0.05, 0.1) is 5.69 Å². The van der Waals surface area contributed by atoms with Gasteiger partial charge in [-0.15, -0.1) is 5.10 Å². The number of hydrogen-bond donors (Lipinski definition) is 1. The van der Waals surface area contributed by atoms with Gasteiger partial charge in [-0.25, -0.2) is 14.3 Å². The van der Waals surface area contributed by atoms with Crippen molar-refractivity contribution in [3.63, 3.8) is 0 Å². The maximum Gasteiger partial charge on any atom is 0.169 e. The van der Waals surface area contributed by atoms with Gasteiger partial charge in [0.1, 0.15) is 18.7 Å². The summed E-state index contributed by atoms with van der Waals surface area (Å²) >= 11 is 0. The molecule has 7 heteroatoms. The second-order valence-corrected chi connectivity index (χ2v) is 4.15. The number of nitrogens with zero attached hydrogens (tertiary/aromatic N) is 6. The van der Waals surface area contributed by atoms with Crippen LogP contribution in [0.1, 0.15) is 38.3 Å². The van der Waals surface area contributed by atoms with Crippen molar-refractivity contribution in [2.45, 2.75) is 39.8 Å². The summed E-state index contributed by atoms with van der Waals surface area (Å²) in [5.41, 5.74) is 6.68. The van der Waals surface area contributed by atoms with Crippen LogP contribution in [0, 0.1) is 0 Å². The molecule has 0 saturated carbocycles. The lowest BCUT2D eigenvalue weighted by molar-refractivity contribution is 0.481. The van der Waals surface area contributed by atoms with Gasteiger partial charge in [0, 0.05) is 6.04 Å². The van der Waals surface area contributed by atoms with E-state index >= 15 is 0 Å². The summed E-state index contributed by atoms with van der Waals surface area (Å²) in [6.45, 7) is 6.70. The van der Waals surface area contributed by atoms with Crippen LogP contribution in [0.3, 0.4) is 0 Å². The van der Waals surface area contributed by atoms with E-state index in [4.69, 9.17) is 5.73 Å². The molecule has 7 nitrogen and oxygen atoms in total. The van der Waals surface area contributed by atoms with E-state index in [9.17, 15) is 0 Å². The fraction of sp³-hybridized carbons (Fsp3) is 0.600.